The van der Waals surface area contributed by atoms with Crippen LogP contribution in [0.15, 0.2) is 12.4 Å². The molecule has 2 heterocycles. The molecule has 4 rings (SSSR count). The highest BCUT2D eigenvalue weighted by Crippen LogP contribution is 2.37. The van der Waals surface area contributed by atoms with Crippen molar-refractivity contribution in [1.29, 1.82) is 0 Å². The van der Waals surface area contributed by atoms with Crippen molar-refractivity contribution in [1.82, 2.24) is 25.5 Å². The van der Waals surface area contributed by atoms with Crippen LogP contribution in [0.2, 0.25) is 0 Å². The number of carbonyl (C=O) groups excluding carboxylic acids is 2. The van der Waals surface area contributed by atoms with Gasteiger partial charge in [-0.05, 0) is 37.7 Å². The Labute approximate surface area is 147 Å². The summed E-state index contributed by atoms with van der Waals surface area (Å²) in [4.78, 5) is 34.9. The van der Waals surface area contributed by atoms with E-state index in [9.17, 15) is 9.59 Å². The summed E-state index contributed by atoms with van der Waals surface area (Å²) in [5, 5.41) is 5.98. The number of aromatic nitrogens is 2. The maximum atomic E-state index is 12.5. The second kappa shape index (κ2) is 6.98. The molecule has 3 aliphatic rings. The molecular weight excluding hydrogens is 318 g/mol. The molecule has 3 fully saturated rings. The summed E-state index contributed by atoms with van der Waals surface area (Å²) in [6.07, 6.45) is 11.0. The molecule has 0 bridgehead atoms. The van der Waals surface area contributed by atoms with Gasteiger partial charge >= 0.3 is 6.03 Å². The number of hydrogen-bond donors (Lipinski definition) is 2. The normalized spacial score (nSPS) is 25.9. The van der Waals surface area contributed by atoms with E-state index >= 15 is 0 Å². The average Bonchev–Trinajstić information content (AvgIpc) is 3.46. The zero-order valence-electron chi connectivity index (χ0n) is 14.4. The lowest BCUT2D eigenvalue weighted by Gasteiger charge is -2.43. The predicted octanol–water partition coefficient (Wildman–Crippen LogP) is 1.35. The average molecular weight is 343 g/mol. The molecule has 0 spiro atoms. The van der Waals surface area contributed by atoms with Gasteiger partial charge in [0.25, 0.3) is 0 Å². The highest BCUT2D eigenvalue weighted by Gasteiger charge is 2.38. The van der Waals surface area contributed by atoms with Gasteiger partial charge in [-0.2, -0.15) is 0 Å². The summed E-state index contributed by atoms with van der Waals surface area (Å²) in [5.74, 6) is 1.44. The SMILES string of the molecule is O=C1CN(C(=O)NCCc2cnc(C3CC3)nc2)C2CCCCC2N1. The van der Waals surface area contributed by atoms with Gasteiger partial charge in [0.15, 0.2) is 0 Å². The van der Waals surface area contributed by atoms with Crippen molar-refractivity contribution in [3.8, 4) is 0 Å². The maximum absolute atomic E-state index is 12.5. The second-order valence-electron chi connectivity index (χ2n) is 7.36. The number of fused-ring (bicyclic) bond motifs is 1. The summed E-state index contributed by atoms with van der Waals surface area (Å²) >= 11 is 0. The van der Waals surface area contributed by atoms with Crippen molar-refractivity contribution < 1.29 is 9.59 Å². The van der Waals surface area contributed by atoms with Crippen LogP contribution in [0.25, 0.3) is 0 Å². The minimum absolute atomic E-state index is 0.0534. The highest BCUT2D eigenvalue weighted by atomic mass is 16.2. The molecular formula is C18H25N5O2. The quantitative estimate of drug-likeness (QED) is 0.864. The topological polar surface area (TPSA) is 87.2 Å². The van der Waals surface area contributed by atoms with Crippen LogP contribution >= 0.6 is 0 Å². The Hall–Kier alpha value is -2.18. The van der Waals surface area contributed by atoms with Crippen molar-refractivity contribution in [2.45, 2.75) is 62.9 Å². The summed E-state index contributed by atoms with van der Waals surface area (Å²) in [7, 11) is 0. The molecule has 1 saturated heterocycles. The Balaban J connectivity index is 1.29. The van der Waals surface area contributed by atoms with E-state index in [1.807, 2.05) is 12.4 Å². The Morgan fingerprint density at radius 2 is 1.96 bits per heavy atom. The highest BCUT2D eigenvalue weighted by molar-refractivity contribution is 5.86. The van der Waals surface area contributed by atoms with Crippen LogP contribution in [0.5, 0.6) is 0 Å². The third kappa shape index (κ3) is 3.75. The Morgan fingerprint density at radius 1 is 1.20 bits per heavy atom. The third-order valence-electron chi connectivity index (χ3n) is 5.41. The zero-order valence-corrected chi connectivity index (χ0v) is 14.4. The summed E-state index contributed by atoms with van der Waals surface area (Å²) in [5.41, 5.74) is 1.02. The van der Waals surface area contributed by atoms with Gasteiger partial charge < -0.3 is 15.5 Å². The second-order valence-corrected chi connectivity index (χ2v) is 7.36. The first-order valence-electron chi connectivity index (χ1n) is 9.35. The van der Waals surface area contributed by atoms with E-state index in [0.717, 1.165) is 37.1 Å². The first kappa shape index (κ1) is 16.3. The Bertz CT molecular complexity index is 643. The van der Waals surface area contributed by atoms with Crippen LogP contribution in [0, 0.1) is 0 Å². The van der Waals surface area contributed by atoms with Crippen molar-refractivity contribution in [3.63, 3.8) is 0 Å². The van der Waals surface area contributed by atoms with Gasteiger partial charge in [0.1, 0.15) is 12.4 Å². The van der Waals surface area contributed by atoms with Crippen LogP contribution < -0.4 is 10.6 Å². The van der Waals surface area contributed by atoms with Crippen molar-refractivity contribution >= 4 is 11.9 Å². The predicted molar refractivity (Wildman–Crippen MR) is 92.0 cm³/mol. The smallest absolute Gasteiger partial charge is 0.318 e. The number of rotatable bonds is 4. The van der Waals surface area contributed by atoms with Crippen LogP contribution in [0.3, 0.4) is 0 Å². The number of nitrogens with zero attached hydrogens (tertiary/aromatic N) is 3. The number of urea groups is 1. The van der Waals surface area contributed by atoms with E-state index in [0.29, 0.717) is 18.9 Å². The molecule has 2 N–H and O–H groups in total. The van der Waals surface area contributed by atoms with Gasteiger partial charge in [-0.1, -0.05) is 12.8 Å². The van der Waals surface area contributed by atoms with Gasteiger partial charge in [-0.15, -0.1) is 0 Å². The summed E-state index contributed by atoms with van der Waals surface area (Å²) < 4.78 is 0. The van der Waals surface area contributed by atoms with E-state index in [-0.39, 0.29) is 30.6 Å². The minimum atomic E-state index is -0.137. The van der Waals surface area contributed by atoms with Gasteiger partial charge in [0, 0.05) is 30.9 Å². The van der Waals surface area contributed by atoms with Crippen molar-refractivity contribution in [2.75, 3.05) is 13.1 Å². The molecule has 134 valence electrons. The first-order chi connectivity index (χ1) is 12.2. The van der Waals surface area contributed by atoms with Crippen LogP contribution in [0.1, 0.15) is 55.8 Å². The summed E-state index contributed by atoms with van der Waals surface area (Å²) in [6, 6.07) is 0.110. The van der Waals surface area contributed by atoms with Gasteiger partial charge in [-0.3, -0.25) is 4.79 Å². The molecule has 2 atom stereocenters. The lowest BCUT2D eigenvalue weighted by molar-refractivity contribution is -0.126. The van der Waals surface area contributed by atoms with E-state index in [4.69, 9.17) is 0 Å². The molecule has 1 aromatic rings. The molecule has 7 nitrogen and oxygen atoms in total. The zero-order chi connectivity index (χ0) is 17.2. The molecule has 25 heavy (non-hydrogen) atoms. The van der Waals surface area contributed by atoms with Crippen LogP contribution in [-0.4, -0.2) is 52.0 Å². The lowest BCUT2D eigenvalue weighted by atomic mass is 9.87. The Morgan fingerprint density at radius 3 is 2.72 bits per heavy atom. The van der Waals surface area contributed by atoms with E-state index in [2.05, 4.69) is 20.6 Å². The molecule has 3 amide bonds. The monoisotopic (exact) mass is 343 g/mol. The largest absolute Gasteiger partial charge is 0.350 e. The number of nitrogens with one attached hydrogen (secondary N) is 2. The molecule has 0 radical (unpaired) electrons. The van der Waals surface area contributed by atoms with E-state index < -0.39 is 0 Å². The van der Waals surface area contributed by atoms with Gasteiger partial charge in [-0.25, -0.2) is 14.8 Å². The molecule has 1 aromatic heterocycles. The summed E-state index contributed by atoms with van der Waals surface area (Å²) in [6.45, 7) is 0.687. The number of carbonyl (C=O) groups is 2. The van der Waals surface area contributed by atoms with Crippen LogP contribution in [0.4, 0.5) is 4.79 Å². The lowest BCUT2D eigenvalue weighted by Crippen LogP contribution is -2.64. The number of piperazine rings is 1. The van der Waals surface area contributed by atoms with Gasteiger partial charge in [0.2, 0.25) is 5.91 Å². The Kier molecular flexibility index (Phi) is 4.55. The number of hydrogen-bond acceptors (Lipinski definition) is 4. The molecule has 2 saturated carbocycles. The van der Waals surface area contributed by atoms with Crippen LogP contribution in [-0.2, 0) is 11.2 Å². The third-order valence-corrected chi connectivity index (χ3v) is 5.41. The fourth-order valence-corrected chi connectivity index (χ4v) is 3.86. The standard InChI is InChI=1S/C18H25N5O2/c24-16-11-23(15-4-2-1-3-14(15)22-16)18(25)19-8-7-12-9-20-17(21-10-12)13-5-6-13/h9-10,13-15H,1-8,11H2,(H,19,25)(H,22,24). The molecule has 0 aromatic carbocycles. The molecule has 7 heteroatoms. The fourth-order valence-electron chi connectivity index (χ4n) is 3.86. The van der Waals surface area contributed by atoms with Crippen molar-refractivity contribution in [3.05, 3.63) is 23.8 Å². The molecule has 1 aliphatic heterocycles. The number of amides is 3. The van der Waals surface area contributed by atoms with Crippen molar-refractivity contribution in [2.24, 2.45) is 0 Å². The molecule has 2 unspecified atom stereocenters. The van der Waals surface area contributed by atoms with E-state index in [1.165, 1.54) is 12.8 Å². The van der Waals surface area contributed by atoms with E-state index in [1.54, 1.807) is 4.90 Å². The first-order valence-corrected chi connectivity index (χ1v) is 9.35. The molecule has 2 aliphatic carbocycles. The van der Waals surface area contributed by atoms with Gasteiger partial charge in [0.05, 0.1) is 6.04 Å². The minimum Gasteiger partial charge on any atom is -0.350 e. The fraction of sp³-hybridized carbons (Fsp3) is 0.667. The maximum Gasteiger partial charge on any atom is 0.318 e.